The van der Waals surface area contributed by atoms with Gasteiger partial charge in [0.2, 0.25) is 0 Å². The van der Waals surface area contributed by atoms with Gasteiger partial charge in [-0.2, -0.15) is 0 Å². The molecule has 0 aromatic heterocycles. The lowest BCUT2D eigenvalue weighted by Gasteiger charge is -2.42. The summed E-state index contributed by atoms with van der Waals surface area (Å²) in [5.74, 6) is -0.542. The topological polar surface area (TPSA) is 3.24 Å². The molecule has 1 nitrogen and oxygen atoms in total. The second kappa shape index (κ2) is 7.71. The van der Waals surface area contributed by atoms with E-state index in [4.69, 9.17) is 0 Å². The molecule has 0 atom stereocenters. The summed E-state index contributed by atoms with van der Waals surface area (Å²) in [6, 6.07) is 11.8. The van der Waals surface area contributed by atoms with Gasteiger partial charge < -0.3 is 4.90 Å². The van der Waals surface area contributed by atoms with Gasteiger partial charge in [-0.3, -0.25) is 0 Å². The lowest BCUT2D eigenvalue weighted by atomic mass is 9.67. The molecule has 3 rings (SSSR count). The van der Waals surface area contributed by atoms with Gasteiger partial charge in [0, 0.05) is 11.0 Å². The molecule has 2 aromatic rings. The van der Waals surface area contributed by atoms with Crippen molar-refractivity contribution in [2.24, 2.45) is 0 Å². The van der Waals surface area contributed by atoms with E-state index in [2.05, 4.69) is 50.1 Å². The molecule has 27 heavy (non-hydrogen) atoms. The van der Waals surface area contributed by atoms with Gasteiger partial charge in [0.05, 0.1) is 0 Å². The summed E-state index contributed by atoms with van der Waals surface area (Å²) in [5.41, 5.74) is 3.08. The van der Waals surface area contributed by atoms with E-state index >= 15 is 0 Å². The van der Waals surface area contributed by atoms with Crippen molar-refractivity contribution in [2.45, 2.75) is 57.8 Å². The Hall–Kier alpha value is -1.74. The minimum absolute atomic E-state index is 0.169. The number of halogens is 2. The molecular formula is C24H31F2N. The van der Waals surface area contributed by atoms with Crippen LogP contribution in [0.25, 0.3) is 0 Å². The average Bonchev–Trinajstić information content (AvgIpc) is 2.61. The van der Waals surface area contributed by atoms with Crippen molar-refractivity contribution in [1.29, 1.82) is 0 Å². The maximum atomic E-state index is 14.8. The number of hydrogen-bond acceptors (Lipinski definition) is 1. The van der Waals surface area contributed by atoms with E-state index in [0.717, 1.165) is 37.1 Å². The minimum atomic E-state index is -0.419. The molecule has 0 amide bonds. The van der Waals surface area contributed by atoms with Crippen molar-refractivity contribution in [3.8, 4) is 0 Å². The molecule has 0 saturated carbocycles. The standard InChI is InChI=1S/C24H31F2N/c1-16(2)18-6-8-19(9-7-18)24(10-12-27(5)13-11-24)20-14-21(25)23(17(3)4)22(26)15-20/h6-9,14-17H,10-13H2,1-5H3. The molecule has 1 saturated heterocycles. The average molecular weight is 372 g/mol. The van der Waals surface area contributed by atoms with Crippen LogP contribution in [-0.2, 0) is 5.41 Å². The van der Waals surface area contributed by atoms with Gasteiger partial charge in [0.1, 0.15) is 11.6 Å². The first-order valence-corrected chi connectivity index (χ1v) is 10.0. The highest BCUT2D eigenvalue weighted by Crippen LogP contribution is 2.43. The number of hydrogen-bond donors (Lipinski definition) is 0. The van der Waals surface area contributed by atoms with Gasteiger partial charge in [0.15, 0.2) is 0 Å². The number of rotatable bonds is 4. The Bertz CT molecular complexity index is 762. The van der Waals surface area contributed by atoms with Gasteiger partial charge in [-0.25, -0.2) is 8.78 Å². The maximum Gasteiger partial charge on any atom is 0.129 e. The summed E-state index contributed by atoms with van der Waals surface area (Å²) in [5, 5.41) is 0. The summed E-state index contributed by atoms with van der Waals surface area (Å²) in [6.45, 7) is 9.85. The zero-order valence-corrected chi connectivity index (χ0v) is 17.2. The fourth-order valence-electron chi connectivity index (χ4n) is 4.34. The molecule has 2 aromatic carbocycles. The smallest absolute Gasteiger partial charge is 0.129 e. The first-order valence-electron chi connectivity index (χ1n) is 10.0. The molecule has 0 spiro atoms. The second-order valence-corrected chi connectivity index (χ2v) is 8.67. The summed E-state index contributed by atoms with van der Waals surface area (Å²) >= 11 is 0. The van der Waals surface area contributed by atoms with Crippen LogP contribution in [0, 0.1) is 11.6 Å². The van der Waals surface area contributed by atoms with E-state index in [1.165, 1.54) is 5.56 Å². The van der Waals surface area contributed by atoms with Crippen molar-refractivity contribution in [1.82, 2.24) is 4.90 Å². The SMILES string of the molecule is CC(C)c1ccc(C2(c3cc(F)c(C(C)C)c(F)c3)CCN(C)CC2)cc1. The van der Waals surface area contributed by atoms with Crippen molar-refractivity contribution < 1.29 is 8.78 Å². The summed E-state index contributed by atoms with van der Waals surface area (Å²) in [7, 11) is 2.11. The van der Waals surface area contributed by atoms with E-state index in [1.54, 1.807) is 12.1 Å². The Labute approximate surface area is 162 Å². The first kappa shape index (κ1) is 20.0. The number of piperidine rings is 1. The van der Waals surface area contributed by atoms with Crippen molar-refractivity contribution in [2.75, 3.05) is 20.1 Å². The molecule has 1 aliphatic rings. The second-order valence-electron chi connectivity index (χ2n) is 8.67. The summed E-state index contributed by atoms with van der Waals surface area (Å²) in [6.07, 6.45) is 1.73. The zero-order chi connectivity index (χ0) is 19.8. The highest BCUT2D eigenvalue weighted by atomic mass is 19.1. The van der Waals surface area contributed by atoms with Gasteiger partial charge in [-0.05, 0) is 73.6 Å². The van der Waals surface area contributed by atoms with Crippen LogP contribution in [0.1, 0.15) is 74.6 Å². The molecule has 1 aliphatic heterocycles. The number of likely N-dealkylation sites (tertiary alicyclic amines) is 1. The predicted octanol–water partition coefficient (Wildman–Crippen LogP) is 6.22. The Morgan fingerprint density at radius 2 is 1.33 bits per heavy atom. The van der Waals surface area contributed by atoms with E-state index < -0.39 is 11.6 Å². The predicted molar refractivity (Wildman–Crippen MR) is 108 cm³/mol. The molecular weight excluding hydrogens is 340 g/mol. The maximum absolute atomic E-state index is 14.8. The van der Waals surface area contributed by atoms with Crippen LogP contribution >= 0.6 is 0 Å². The molecule has 0 N–H and O–H groups in total. The van der Waals surface area contributed by atoms with Crippen LogP contribution in [0.15, 0.2) is 36.4 Å². The quantitative estimate of drug-likeness (QED) is 0.616. The minimum Gasteiger partial charge on any atom is -0.306 e. The van der Waals surface area contributed by atoms with E-state index in [9.17, 15) is 8.78 Å². The van der Waals surface area contributed by atoms with Gasteiger partial charge in [-0.15, -0.1) is 0 Å². The van der Waals surface area contributed by atoms with Gasteiger partial charge >= 0.3 is 0 Å². The third-order valence-corrected chi connectivity index (χ3v) is 6.18. The van der Waals surface area contributed by atoms with Crippen LogP contribution in [0.2, 0.25) is 0 Å². The van der Waals surface area contributed by atoms with E-state index in [-0.39, 0.29) is 16.9 Å². The van der Waals surface area contributed by atoms with Crippen molar-refractivity contribution in [3.63, 3.8) is 0 Å². The normalized spacial score (nSPS) is 17.7. The van der Waals surface area contributed by atoms with Crippen LogP contribution in [0.5, 0.6) is 0 Å². The molecule has 1 heterocycles. The van der Waals surface area contributed by atoms with E-state index in [1.807, 2.05) is 13.8 Å². The van der Waals surface area contributed by atoms with Gasteiger partial charge in [0.25, 0.3) is 0 Å². The Balaban J connectivity index is 2.12. The molecule has 3 heteroatoms. The van der Waals surface area contributed by atoms with Crippen LogP contribution in [0.3, 0.4) is 0 Å². The lowest BCUT2D eigenvalue weighted by molar-refractivity contribution is 0.212. The third kappa shape index (κ3) is 3.80. The van der Waals surface area contributed by atoms with Crippen molar-refractivity contribution in [3.05, 3.63) is 70.3 Å². The van der Waals surface area contributed by atoms with E-state index in [0.29, 0.717) is 5.92 Å². The molecule has 1 fully saturated rings. The summed E-state index contributed by atoms with van der Waals surface area (Å²) in [4.78, 5) is 2.29. The first-order chi connectivity index (χ1) is 12.7. The van der Waals surface area contributed by atoms with Crippen LogP contribution in [-0.4, -0.2) is 25.0 Å². The molecule has 146 valence electrons. The summed E-state index contributed by atoms with van der Waals surface area (Å²) < 4.78 is 29.6. The number of benzene rings is 2. The largest absolute Gasteiger partial charge is 0.306 e. The monoisotopic (exact) mass is 371 g/mol. The third-order valence-electron chi connectivity index (χ3n) is 6.18. The molecule has 0 radical (unpaired) electrons. The lowest BCUT2D eigenvalue weighted by Crippen LogP contribution is -2.41. The molecule has 0 aliphatic carbocycles. The Morgan fingerprint density at radius 1 is 0.815 bits per heavy atom. The molecule has 0 bridgehead atoms. The highest BCUT2D eigenvalue weighted by Gasteiger charge is 2.38. The van der Waals surface area contributed by atoms with Crippen LogP contribution in [0.4, 0.5) is 8.78 Å². The zero-order valence-electron chi connectivity index (χ0n) is 17.2. The Morgan fingerprint density at radius 3 is 1.78 bits per heavy atom. The number of nitrogens with zero attached hydrogens (tertiary/aromatic N) is 1. The fraction of sp³-hybridized carbons (Fsp3) is 0.500. The van der Waals surface area contributed by atoms with Crippen molar-refractivity contribution >= 4 is 0 Å². The Kier molecular flexibility index (Phi) is 5.71. The fourth-order valence-corrected chi connectivity index (χ4v) is 4.34. The van der Waals surface area contributed by atoms with Gasteiger partial charge in [-0.1, -0.05) is 52.0 Å². The highest BCUT2D eigenvalue weighted by molar-refractivity contribution is 5.43. The molecule has 0 unspecified atom stereocenters. The van der Waals surface area contributed by atoms with Crippen LogP contribution < -0.4 is 0 Å².